The number of aromatic nitrogens is 2. The van der Waals surface area contributed by atoms with Crippen molar-refractivity contribution in [3.63, 3.8) is 0 Å². The Labute approximate surface area is 70.4 Å². The molecule has 0 amide bonds. The third kappa shape index (κ3) is 1.34. The van der Waals surface area contributed by atoms with Crippen molar-refractivity contribution < 1.29 is 4.74 Å². The van der Waals surface area contributed by atoms with E-state index in [1.165, 1.54) is 6.33 Å². The minimum absolute atomic E-state index is 0.0574. The van der Waals surface area contributed by atoms with Crippen molar-refractivity contribution in [2.45, 2.75) is 6.10 Å². The van der Waals surface area contributed by atoms with Gasteiger partial charge in [0.15, 0.2) is 6.10 Å². The number of allylic oxidation sites excluding steroid dienone is 2. The first kappa shape index (κ1) is 7.03. The molecule has 60 valence electrons. The SMILES string of the molecule is C1=COC(c2ccncn2)C=C1. The summed E-state index contributed by atoms with van der Waals surface area (Å²) in [6.45, 7) is 0. The van der Waals surface area contributed by atoms with Crippen LogP contribution in [0.4, 0.5) is 0 Å². The lowest BCUT2D eigenvalue weighted by molar-refractivity contribution is 0.182. The van der Waals surface area contributed by atoms with E-state index in [1.54, 1.807) is 12.5 Å². The largest absolute Gasteiger partial charge is 0.488 e. The molecule has 2 rings (SSSR count). The molecular formula is C9H8N2O. The summed E-state index contributed by atoms with van der Waals surface area (Å²) in [7, 11) is 0. The van der Waals surface area contributed by atoms with Gasteiger partial charge in [0, 0.05) is 6.20 Å². The molecule has 0 radical (unpaired) electrons. The van der Waals surface area contributed by atoms with Gasteiger partial charge in [-0.15, -0.1) is 0 Å². The van der Waals surface area contributed by atoms with Crippen molar-refractivity contribution >= 4 is 0 Å². The highest BCUT2D eigenvalue weighted by Crippen LogP contribution is 2.18. The topological polar surface area (TPSA) is 35.0 Å². The lowest BCUT2D eigenvalue weighted by atomic mass is 10.2. The molecule has 1 aromatic rings. The van der Waals surface area contributed by atoms with Crippen LogP contribution in [0.25, 0.3) is 0 Å². The molecule has 0 saturated heterocycles. The Morgan fingerprint density at radius 1 is 1.33 bits per heavy atom. The Bertz CT molecular complexity index is 306. The summed E-state index contributed by atoms with van der Waals surface area (Å²) in [5.41, 5.74) is 0.880. The Morgan fingerprint density at radius 2 is 2.33 bits per heavy atom. The van der Waals surface area contributed by atoms with Crippen LogP contribution in [-0.2, 0) is 4.74 Å². The molecule has 1 atom stereocenters. The Morgan fingerprint density at radius 3 is 3.00 bits per heavy atom. The molecule has 1 unspecified atom stereocenters. The Kier molecular flexibility index (Phi) is 1.86. The van der Waals surface area contributed by atoms with Crippen LogP contribution in [0.15, 0.2) is 43.1 Å². The van der Waals surface area contributed by atoms with Gasteiger partial charge < -0.3 is 4.74 Å². The second kappa shape index (κ2) is 3.17. The van der Waals surface area contributed by atoms with Crippen LogP contribution in [0.2, 0.25) is 0 Å². The van der Waals surface area contributed by atoms with Crippen LogP contribution in [0.5, 0.6) is 0 Å². The van der Waals surface area contributed by atoms with Crippen LogP contribution in [-0.4, -0.2) is 9.97 Å². The van der Waals surface area contributed by atoms with Crippen LogP contribution in [0.1, 0.15) is 11.8 Å². The highest BCUT2D eigenvalue weighted by molar-refractivity contribution is 5.16. The molecule has 3 nitrogen and oxygen atoms in total. The fraction of sp³-hybridized carbons (Fsp3) is 0.111. The number of rotatable bonds is 1. The third-order valence-electron chi connectivity index (χ3n) is 1.60. The predicted molar refractivity (Wildman–Crippen MR) is 44.1 cm³/mol. The van der Waals surface area contributed by atoms with E-state index >= 15 is 0 Å². The molecule has 2 heterocycles. The minimum atomic E-state index is -0.0574. The maximum absolute atomic E-state index is 5.31. The monoisotopic (exact) mass is 160 g/mol. The van der Waals surface area contributed by atoms with Gasteiger partial charge in [-0.25, -0.2) is 9.97 Å². The zero-order chi connectivity index (χ0) is 8.23. The van der Waals surface area contributed by atoms with Crippen molar-refractivity contribution in [3.8, 4) is 0 Å². The molecule has 1 aliphatic heterocycles. The van der Waals surface area contributed by atoms with Gasteiger partial charge >= 0.3 is 0 Å². The van der Waals surface area contributed by atoms with Gasteiger partial charge in [-0.05, 0) is 18.2 Å². The van der Waals surface area contributed by atoms with Crippen molar-refractivity contribution in [2.24, 2.45) is 0 Å². The average Bonchev–Trinajstić information content (AvgIpc) is 2.21. The van der Waals surface area contributed by atoms with E-state index in [1.807, 2.05) is 24.3 Å². The summed E-state index contributed by atoms with van der Waals surface area (Å²) in [6.07, 6.45) is 10.6. The molecule has 0 saturated carbocycles. The van der Waals surface area contributed by atoms with Gasteiger partial charge in [0.05, 0.1) is 12.0 Å². The van der Waals surface area contributed by atoms with Gasteiger partial charge in [0.2, 0.25) is 0 Å². The van der Waals surface area contributed by atoms with Gasteiger partial charge in [-0.1, -0.05) is 6.08 Å². The van der Waals surface area contributed by atoms with Gasteiger partial charge in [0.25, 0.3) is 0 Å². The summed E-state index contributed by atoms with van der Waals surface area (Å²) in [5.74, 6) is 0. The molecule has 0 fully saturated rings. The number of nitrogens with zero attached hydrogens (tertiary/aromatic N) is 2. The Hall–Kier alpha value is -1.64. The van der Waals surface area contributed by atoms with Crippen molar-refractivity contribution in [1.82, 2.24) is 9.97 Å². The van der Waals surface area contributed by atoms with Gasteiger partial charge in [-0.2, -0.15) is 0 Å². The smallest absolute Gasteiger partial charge is 0.158 e. The van der Waals surface area contributed by atoms with Crippen LogP contribution < -0.4 is 0 Å². The molecule has 0 bridgehead atoms. The zero-order valence-electron chi connectivity index (χ0n) is 6.42. The van der Waals surface area contributed by atoms with E-state index in [4.69, 9.17) is 4.74 Å². The van der Waals surface area contributed by atoms with Gasteiger partial charge in [-0.3, -0.25) is 0 Å². The van der Waals surface area contributed by atoms with E-state index < -0.39 is 0 Å². The molecule has 1 aliphatic rings. The first-order valence-electron chi connectivity index (χ1n) is 3.71. The average molecular weight is 160 g/mol. The third-order valence-corrected chi connectivity index (χ3v) is 1.60. The standard InChI is InChI=1S/C9H8N2O/c1-2-6-12-9(3-1)8-4-5-10-7-11-8/h1-7,9H. The zero-order valence-corrected chi connectivity index (χ0v) is 6.42. The summed E-state index contributed by atoms with van der Waals surface area (Å²) in [4.78, 5) is 7.91. The number of ether oxygens (including phenoxy) is 1. The lowest BCUT2D eigenvalue weighted by Gasteiger charge is -2.13. The highest BCUT2D eigenvalue weighted by Gasteiger charge is 2.09. The molecule has 3 heteroatoms. The number of hydrogen-bond acceptors (Lipinski definition) is 3. The fourth-order valence-corrected chi connectivity index (χ4v) is 1.02. The van der Waals surface area contributed by atoms with Crippen LogP contribution in [0.3, 0.4) is 0 Å². The number of hydrogen-bond donors (Lipinski definition) is 0. The van der Waals surface area contributed by atoms with E-state index in [-0.39, 0.29) is 6.10 Å². The fourth-order valence-electron chi connectivity index (χ4n) is 1.02. The van der Waals surface area contributed by atoms with E-state index in [0.29, 0.717) is 0 Å². The summed E-state index contributed by atoms with van der Waals surface area (Å²) in [5, 5.41) is 0. The van der Waals surface area contributed by atoms with E-state index in [2.05, 4.69) is 9.97 Å². The van der Waals surface area contributed by atoms with E-state index in [0.717, 1.165) is 5.69 Å². The molecule has 1 aromatic heterocycles. The lowest BCUT2D eigenvalue weighted by Crippen LogP contribution is -2.01. The second-order valence-electron chi connectivity index (χ2n) is 2.40. The molecule has 0 aromatic carbocycles. The normalized spacial score (nSPS) is 20.5. The quantitative estimate of drug-likeness (QED) is 0.626. The van der Waals surface area contributed by atoms with Gasteiger partial charge in [0.1, 0.15) is 6.33 Å². The summed E-state index contributed by atoms with van der Waals surface area (Å²) >= 11 is 0. The second-order valence-corrected chi connectivity index (χ2v) is 2.40. The summed E-state index contributed by atoms with van der Waals surface area (Å²) in [6, 6.07) is 1.84. The van der Waals surface area contributed by atoms with Crippen molar-refractivity contribution in [3.05, 3.63) is 48.8 Å². The van der Waals surface area contributed by atoms with E-state index in [9.17, 15) is 0 Å². The van der Waals surface area contributed by atoms with Crippen molar-refractivity contribution in [2.75, 3.05) is 0 Å². The molecule has 0 spiro atoms. The predicted octanol–water partition coefficient (Wildman–Crippen LogP) is 1.62. The summed E-state index contributed by atoms with van der Waals surface area (Å²) < 4.78 is 5.31. The maximum Gasteiger partial charge on any atom is 0.158 e. The maximum atomic E-state index is 5.31. The molecule has 0 aliphatic carbocycles. The molecular weight excluding hydrogens is 152 g/mol. The minimum Gasteiger partial charge on any atom is -0.488 e. The molecule has 12 heavy (non-hydrogen) atoms. The highest BCUT2D eigenvalue weighted by atomic mass is 16.5. The molecule has 0 N–H and O–H groups in total. The first-order chi connectivity index (χ1) is 5.97. The Balaban J connectivity index is 2.21. The first-order valence-corrected chi connectivity index (χ1v) is 3.71. The van der Waals surface area contributed by atoms with Crippen LogP contribution >= 0.6 is 0 Å². The van der Waals surface area contributed by atoms with Crippen LogP contribution in [0, 0.1) is 0 Å². The van der Waals surface area contributed by atoms with Crippen molar-refractivity contribution in [1.29, 1.82) is 0 Å².